The van der Waals surface area contributed by atoms with Gasteiger partial charge in [0.2, 0.25) is 0 Å². The van der Waals surface area contributed by atoms with Gasteiger partial charge in [0, 0.05) is 12.1 Å². The van der Waals surface area contributed by atoms with Gasteiger partial charge in [-0.25, -0.2) is 8.42 Å². The first-order valence-corrected chi connectivity index (χ1v) is 8.40. The number of rotatable bonds is 7. The predicted octanol–water partition coefficient (Wildman–Crippen LogP) is 2.53. The van der Waals surface area contributed by atoms with E-state index in [0.717, 1.165) is 17.7 Å². The molecule has 3 nitrogen and oxygen atoms in total. The number of benzene rings is 1. The Hall–Kier alpha value is -0.740. The first-order valence-electron chi connectivity index (χ1n) is 5.81. The van der Waals surface area contributed by atoms with E-state index in [1.54, 1.807) is 7.11 Å². The first kappa shape index (κ1) is 15.3. The lowest BCUT2D eigenvalue weighted by atomic mass is 9.98. The summed E-state index contributed by atoms with van der Waals surface area (Å²) in [5.74, 6) is 1.64. The minimum atomic E-state index is -2.92. The van der Waals surface area contributed by atoms with Gasteiger partial charge in [0.15, 0.2) is 0 Å². The lowest BCUT2D eigenvalue weighted by Crippen LogP contribution is -2.13. The molecule has 1 unspecified atom stereocenters. The van der Waals surface area contributed by atoms with Crippen molar-refractivity contribution in [2.75, 3.05) is 25.0 Å². The van der Waals surface area contributed by atoms with E-state index in [0.29, 0.717) is 12.3 Å². The number of sulfone groups is 1. The van der Waals surface area contributed by atoms with Crippen molar-refractivity contribution < 1.29 is 13.2 Å². The van der Waals surface area contributed by atoms with Crippen molar-refractivity contribution in [3.63, 3.8) is 0 Å². The molecule has 0 saturated heterocycles. The van der Waals surface area contributed by atoms with Crippen molar-refractivity contribution in [3.05, 3.63) is 29.8 Å². The Kier molecular flexibility index (Phi) is 5.96. The molecule has 0 fully saturated rings. The molecular formula is C13H19ClO3S. The molecule has 0 aliphatic rings. The summed E-state index contributed by atoms with van der Waals surface area (Å²) in [5, 5.41) is 0. The van der Waals surface area contributed by atoms with Crippen LogP contribution in [0.1, 0.15) is 12.0 Å². The normalized spacial score (nSPS) is 13.3. The molecule has 1 atom stereocenters. The van der Waals surface area contributed by atoms with Crippen LogP contribution < -0.4 is 4.74 Å². The standard InChI is InChI=1S/C13H19ClO3S/c1-17-13-5-3-4-11(9-13)8-12(10-14)6-7-18(2,15)16/h3-5,9,12H,6-8,10H2,1-2H3. The van der Waals surface area contributed by atoms with Crippen LogP contribution in [0.15, 0.2) is 24.3 Å². The Morgan fingerprint density at radius 1 is 1.39 bits per heavy atom. The lowest BCUT2D eigenvalue weighted by molar-refractivity contribution is 0.413. The van der Waals surface area contributed by atoms with Crippen LogP contribution in [-0.2, 0) is 16.3 Å². The van der Waals surface area contributed by atoms with E-state index in [1.807, 2.05) is 24.3 Å². The summed E-state index contributed by atoms with van der Waals surface area (Å²) >= 11 is 5.89. The zero-order chi connectivity index (χ0) is 13.6. The van der Waals surface area contributed by atoms with Crippen LogP contribution in [0, 0.1) is 5.92 Å². The van der Waals surface area contributed by atoms with Crippen LogP contribution in [0.4, 0.5) is 0 Å². The Morgan fingerprint density at radius 2 is 2.11 bits per heavy atom. The zero-order valence-corrected chi connectivity index (χ0v) is 12.3. The maximum Gasteiger partial charge on any atom is 0.147 e. The number of ether oxygens (including phenoxy) is 1. The third-order valence-corrected chi connectivity index (χ3v) is 4.19. The fourth-order valence-electron chi connectivity index (χ4n) is 1.75. The van der Waals surface area contributed by atoms with Crippen LogP contribution in [-0.4, -0.2) is 33.4 Å². The highest BCUT2D eigenvalue weighted by molar-refractivity contribution is 7.90. The summed E-state index contributed by atoms with van der Waals surface area (Å²) in [6.45, 7) is 0. The fourth-order valence-corrected chi connectivity index (χ4v) is 2.77. The van der Waals surface area contributed by atoms with Gasteiger partial charge in [-0.15, -0.1) is 11.6 Å². The van der Waals surface area contributed by atoms with E-state index < -0.39 is 9.84 Å². The third-order valence-electron chi connectivity index (χ3n) is 2.77. The van der Waals surface area contributed by atoms with Gasteiger partial charge >= 0.3 is 0 Å². The molecule has 0 aromatic heterocycles. The molecule has 5 heteroatoms. The van der Waals surface area contributed by atoms with Gasteiger partial charge in [-0.3, -0.25) is 0 Å². The summed E-state index contributed by atoms with van der Waals surface area (Å²) in [7, 11) is -1.29. The Balaban J connectivity index is 2.61. The Bertz CT molecular complexity index is 471. The van der Waals surface area contributed by atoms with Crippen molar-refractivity contribution >= 4 is 21.4 Å². The second-order valence-corrected chi connectivity index (χ2v) is 7.06. The van der Waals surface area contributed by atoms with Crippen LogP contribution in [0.25, 0.3) is 0 Å². The van der Waals surface area contributed by atoms with Crippen molar-refractivity contribution in [1.82, 2.24) is 0 Å². The molecule has 0 bridgehead atoms. The molecule has 0 radical (unpaired) electrons. The number of hydrogen-bond donors (Lipinski definition) is 0. The van der Waals surface area contributed by atoms with Gasteiger partial charge in [-0.05, 0) is 36.5 Å². The Labute approximate surface area is 114 Å². The maximum absolute atomic E-state index is 11.1. The van der Waals surface area contributed by atoms with Crippen molar-refractivity contribution in [1.29, 1.82) is 0 Å². The number of methoxy groups -OCH3 is 1. The highest BCUT2D eigenvalue weighted by Gasteiger charge is 2.12. The molecule has 18 heavy (non-hydrogen) atoms. The molecule has 0 aliphatic carbocycles. The first-order chi connectivity index (χ1) is 8.44. The summed E-state index contributed by atoms with van der Waals surface area (Å²) in [4.78, 5) is 0. The van der Waals surface area contributed by atoms with Crippen LogP contribution in [0.3, 0.4) is 0 Å². The monoisotopic (exact) mass is 290 g/mol. The largest absolute Gasteiger partial charge is 0.497 e. The molecule has 1 rings (SSSR count). The van der Waals surface area contributed by atoms with E-state index in [2.05, 4.69) is 0 Å². The fraction of sp³-hybridized carbons (Fsp3) is 0.538. The lowest BCUT2D eigenvalue weighted by Gasteiger charge is -2.13. The minimum Gasteiger partial charge on any atom is -0.497 e. The van der Waals surface area contributed by atoms with Gasteiger partial charge in [-0.1, -0.05) is 12.1 Å². The van der Waals surface area contributed by atoms with Crippen LogP contribution in [0.2, 0.25) is 0 Å². The van der Waals surface area contributed by atoms with Gasteiger partial charge in [-0.2, -0.15) is 0 Å². The molecule has 102 valence electrons. The summed E-state index contributed by atoms with van der Waals surface area (Å²) < 4.78 is 27.4. The average molecular weight is 291 g/mol. The second kappa shape index (κ2) is 7.00. The van der Waals surface area contributed by atoms with Crippen molar-refractivity contribution in [2.24, 2.45) is 5.92 Å². The highest BCUT2D eigenvalue weighted by atomic mass is 35.5. The van der Waals surface area contributed by atoms with Crippen molar-refractivity contribution in [2.45, 2.75) is 12.8 Å². The summed E-state index contributed by atoms with van der Waals surface area (Å²) in [6, 6.07) is 7.77. The molecular weight excluding hydrogens is 272 g/mol. The van der Waals surface area contributed by atoms with E-state index in [1.165, 1.54) is 6.26 Å². The Morgan fingerprint density at radius 3 is 2.67 bits per heavy atom. The minimum absolute atomic E-state index is 0.175. The number of halogens is 1. The molecule has 0 aliphatic heterocycles. The van der Waals surface area contributed by atoms with Gasteiger partial charge in [0.25, 0.3) is 0 Å². The topological polar surface area (TPSA) is 43.4 Å². The molecule has 1 aromatic carbocycles. The summed E-state index contributed by atoms with van der Waals surface area (Å²) in [5.41, 5.74) is 1.12. The van der Waals surface area contributed by atoms with E-state index in [9.17, 15) is 8.42 Å². The van der Waals surface area contributed by atoms with Gasteiger partial charge < -0.3 is 4.74 Å². The van der Waals surface area contributed by atoms with E-state index in [4.69, 9.17) is 16.3 Å². The molecule has 1 aromatic rings. The third kappa shape index (κ3) is 5.74. The number of alkyl halides is 1. The molecule has 0 amide bonds. The molecule has 0 N–H and O–H groups in total. The smallest absolute Gasteiger partial charge is 0.147 e. The summed E-state index contributed by atoms with van der Waals surface area (Å²) in [6.07, 6.45) is 2.62. The average Bonchev–Trinajstić information content (AvgIpc) is 2.33. The second-order valence-electron chi connectivity index (χ2n) is 4.49. The number of hydrogen-bond acceptors (Lipinski definition) is 3. The van der Waals surface area contributed by atoms with E-state index >= 15 is 0 Å². The van der Waals surface area contributed by atoms with Gasteiger partial charge in [0.05, 0.1) is 12.9 Å². The predicted molar refractivity (Wildman–Crippen MR) is 75.2 cm³/mol. The quantitative estimate of drug-likeness (QED) is 0.725. The maximum atomic E-state index is 11.1. The SMILES string of the molecule is COc1cccc(CC(CCl)CCS(C)(=O)=O)c1. The van der Waals surface area contributed by atoms with Gasteiger partial charge in [0.1, 0.15) is 15.6 Å². The van der Waals surface area contributed by atoms with Crippen molar-refractivity contribution in [3.8, 4) is 5.75 Å². The molecule has 0 heterocycles. The molecule has 0 spiro atoms. The van der Waals surface area contributed by atoms with E-state index in [-0.39, 0.29) is 11.7 Å². The van der Waals surface area contributed by atoms with Crippen LogP contribution >= 0.6 is 11.6 Å². The van der Waals surface area contributed by atoms with Crippen LogP contribution in [0.5, 0.6) is 5.75 Å². The highest BCUT2D eigenvalue weighted by Crippen LogP contribution is 2.19. The zero-order valence-electron chi connectivity index (χ0n) is 10.7. The molecule has 0 saturated carbocycles.